The molecule has 10 aromatic rings. The number of benzene rings is 9. The first-order valence-corrected chi connectivity index (χ1v) is 19.7. The monoisotopic (exact) mass is 717 g/mol. The van der Waals surface area contributed by atoms with Gasteiger partial charge in [0.25, 0.3) is 0 Å². The second kappa shape index (κ2) is 12.7. The molecule has 1 unspecified atom stereocenters. The van der Waals surface area contributed by atoms with Crippen molar-refractivity contribution in [1.29, 1.82) is 0 Å². The van der Waals surface area contributed by atoms with Crippen LogP contribution in [0.1, 0.15) is 22.3 Å². The molecule has 0 bridgehead atoms. The average molecular weight is 718 g/mol. The number of fused-ring (bicyclic) bond motifs is 7. The van der Waals surface area contributed by atoms with Gasteiger partial charge >= 0.3 is 0 Å². The number of hydrogen-bond acceptors (Lipinski definition) is 2. The zero-order valence-electron chi connectivity index (χ0n) is 30.1. The van der Waals surface area contributed by atoms with Gasteiger partial charge in [-0.25, -0.2) is 0 Å². The molecule has 1 aromatic heterocycles. The van der Waals surface area contributed by atoms with Crippen LogP contribution in [-0.2, 0) is 5.41 Å². The number of hydrogen-bond donors (Lipinski definition) is 0. The van der Waals surface area contributed by atoms with E-state index in [1.54, 1.807) is 0 Å². The van der Waals surface area contributed by atoms with Gasteiger partial charge in [0.2, 0.25) is 0 Å². The van der Waals surface area contributed by atoms with Crippen LogP contribution in [0, 0.1) is 0 Å². The summed E-state index contributed by atoms with van der Waals surface area (Å²) in [6, 6.07) is 78.4. The van der Waals surface area contributed by atoms with Crippen LogP contribution in [0.5, 0.6) is 0 Å². The van der Waals surface area contributed by atoms with Gasteiger partial charge in [0, 0.05) is 36.9 Å². The predicted molar refractivity (Wildman–Crippen MR) is 234 cm³/mol. The van der Waals surface area contributed by atoms with Crippen molar-refractivity contribution in [3.8, 4) is 22.3 Å². The Morgan fingerprint density at radius 3 is 1.85 bits per heavy atom. The molecule has 0 spiro atoms. The van der Waals surface area contributed by atoms with Crippen molar-refractivity contribution in [2.45, 2.75) is 5.41 Å². The van der Waals surface area contributed by atoms with Gasteiger partial charge in [-0.05, 0) is 98.4 Å². The first kappa shape index (κ1) is 31.8. The molecule has 258 valence electrons. The summed E-state index contributed by atoms with van der Waals surface area (Å²) >= 11 is 1.87. The zero-order chi connectivity index (χ0) is 36.3. The summed E-state index contributed by atoms with van der Waals surface area (Å²) in [5.74, 6) is 0. The van der Waals surface area contributed by atoms with Gasteiger partial charge in [-0.3, -0.25) is 0 Å². The van der Waals surface area contributed by atoms with Crippen molar-refractivity contribution in [1.82, 2.24) is 0 Å². The molecule has 2 heteroatoms. The highest BCUT2D eigenvalue weighted by atomic mass is 32.1. The summed E-state index contributed by atoms with van der Waals surface area (Å²) in [4.78, 5) is 2.45. The summed E-state index contributed by atoms with van der Waals surface area (Å²) < 4.78 is 2.64. The maximum absolute atomic E-state index is 2.48. The van der Waals surface area contributed by atoms with Crippen molar-refractivity contribution < 1.29 is 0 Å². The minimum atomic E-state index is -0.540. The van der Waals surface area contributed by atoms with E-state index in [2.05, 4.69) is 217 Å². The normalized spacial score (nSPS) is 14.6. The van der Waals surface area contributed by atoms with E-state index in [-0.39, 0.29) is 0 Å². The highest BCUT2D eigenvalue weighted by Crippen LogP contribution is 2.58. The first-order chi connectivity index (χ1) is 27.3. The highest BCUT2D eigenvalue weighted by Gasteiger charge is 2.46. The highest BCUT2D eigenvalue weighted by molar-refractivity contribution is 7.25. The molecule has 55 heavy (non-hydrogen) atoms. The van der Waals surface area contributed by atoms with E-state index in [4.69, 9.17) is 0 Å². The third-order valence-corrected chi connectivity index (χ3v) is 12.7. The van der Waals surface area contributed by atoms with Gasteiger partial charge in [-0.15, -0.1) is 11.3 Å². The van der Waals surface area contributed by atoms with Crippen molar-refractivity contribution in [3.63, 3.8) is 0 Å². The Labute approximate surface area is 325 Å². The minimum Gasteiger partial charge on any atom is -0.310 e. The molecule has 1 aliphatic carbocycles. The van der Waals surface area contributed by atoms with Crippen LogP contribution in [0.15, 0.2) is 212 Å². The lowest BCUT2D eigenvalue weighted by Gasteiger charge is -2.35. The summed E-state index contributed by atoms with van der Waals surface area (Å²) in [5, 5.41) is 5.06. The van der Waals surface area contributed by atoms with Crippen molar-refractivity contribution >= 4 is 59.3 Å². The second-order valence-electron chi connectivity index (χ2n) is 14.4. The minimum absolute atomic E-state index is 0.540. The first-order valence-electron chi connectivity index (χ1n) is 18.9. The van der Waals surface area contributed by atoms with E-state index in [1.165, 1.54) is 75.5 Å². The zero-order valence-corrected chi connectivity index (χ0v) is 30.9. The quantitative estimate of drug-likeness (QED) is 0.166. The van der Waals surface area contributed by atoms with Crippen LogP contribution in [0.4, 0.5) is 17.1 Å². The maximum atomic E-state index is 2.48. The van der Waals surface area contributed by atoms with E-state index >= 15 is 0 Å². The van der Waals surface area contributed by atoms with E-state index in [1.807, 2.05) is 11.3 Å². The van der Waals surface area contributed by atoms with Gasteiger partial charge in [-0.1, -0.05) is 164 Å². The van der Waals surface area contributed by atoms with Gasteiger partial charge in [0.1, 0.15) is 0 Å². The molecule has 1 heterocycles. The standard InChI is InChI=1S/C53H35NS/c1-3-14-36(15-4-1)37-26-29-41(30-27-37)54(50-24-13-17-38-16-7-8-20-43(38)50)42-31-32-45-44-21-9-11-23-48(44)53(49(45)35-42,39-18-5-2-6-19-39)40-28-33-52-47(34-40)46-22-10-12-25-51(46)55-52/h1-35H. The number of thiophene rings is 1. The molecular weight excluding hydrogens is 683 g/mol. The molecular formula is C53H35NS. The molecule has 0 saturated carbocycles. The van der Waals surface area contributed by atoms with Crippen molar-refractivity contribution in [2.24, 2.45) is 0 Å². The SMILES string of the molecule is c1ccc(-c2ccc(N(c3ccc4c(c3)C(c3ccccc3)(c3ccc5sc6ccccc6c5c3)c3ccccc3-4)c3cccc4ccccc34)cc2)cc1. The van der Waals surface area contributed by atoms with Crippen LogP contribution >= 0.6 is 11.3 Å². The third-order valence-electron chi connectivity index (χ3n) is 11.5. The molecule has 0 amide bonds. The lowest BCUT2D eigenvalue weighted by Crippen LogP contribution is -2.28. The topological polar surface area (TPSA) is 3.24 Å². The molecule has 0 aliphatic heterocycles. The Morgan fingerprint density at radius 2 is 1.00 bits per heavy atom. The Bertz CT molecular complexity index is 3030. The Hall–Kier alpha value is -6.74. The molecule has 0 saturated heterocycles. The van der Waals surface area contributed by atoms with Gasteiger partial charge in [0.15, 0.2) is 0 Å². The fourth-order valence-corrected chi connectivity index (χ4v) is 10.2. The molecule has 0 fully saturated rings. The number of anilines is 3. The Morgan fingerprint density at radius 1 is 0.364 bits per heavy atom. The maximum Gasteiger partial charge on any atom is 0.0714 e. The summed E-state index contributed by atoms with van der Waals surface area (Å²) in [6.45, 7) is 0. The van der Waals surface area contributed by atoms with E-state index in [9.17, 15) is 0 Å². The Kier molecular flexibility index (Phi) is 7.33. The molecule has 1 aliphatic rings. The van der Waals surface area contributed by atoms with Gasteiger partial charge in [0.05, 0.1) is 11.1 Å². The lowest BCUT2D eigenvalue weighted by atomic mass is 9.67. The molecule has 9 aromatic carbocycles. The van der Waals surface area contributed by atoms with Crippen LogP contribution in [0.2, 0.25) is 0 Å². The van der Waals surface area contributed by atoms with E-state index in [0.717, 1.165) is 17.1 Å². The van der Waals surface area contributed by atoms with Crippen LogP contribution in [0.25, 0.3) is 53.2 Å². The van der Waals surface area contributed by atoms with E-state index < -0.39 is 5.41 Å². The summed E-state index contributed by atoms with van der Waals surface area (Å²) in [5.41, 5.74) is 13.0. The lowest BCUT2D eigenvalue weighted by molar-refractivity contribution is 0.770. The average Bonchev–Trinajstić information content (AvgIpc) is 3.78. The summed E-state index contributed by atoms with van der Waals surface area (Å²) in [6.07, 6.45) is 0. The number of nitrogens with zero attached hydrogens (tertiary/aromatic N) is 1. The fraction of sp³-hybridized carbons (Fsp3) is 0.0189. The van der Waals surface area contributed by atoms with Gasteiger partial charge in [-0.2, -0.15) is 0 Å². The largest absolute Gasteiger partial charge is 0.310 e. The predicted octanol–water partition coefficient (Wildman–Crippen LogP) is 14.7. The molecule has 1 atom stereocenters. The van der Waals surface area contributed by atoms with E-state index in [0.29, 0.717) is 0 Å². The van der Waals surface area contributed by atoms with Crippen LogP contribution in [-0.4, -0.2) is 0 Å². The summed E-state index contributed by atoms with van der Waals surface area (Å²) in [7, 11) is 0. The molecule has 1 nitrogen and oxygen atoms in total. The molecule has 11 rings (SSSR count). The smallest absolute Gasteiger partial charge is 0.0714 e. The second-order valence-corrected chi connectivity index (χ2v) is 15.5. The van der Waals surface area contributed by atoms with Crippen LogP contribution in [0.3, 0.4) is 0 Å². The van der Waals surface area contributed by atoms with Crippen molar-refractivity contribution in [3.05, 3.63) is 235 Å². The van der Waals surface area contributed by atoms with Crippen molar-refractivity contribution in [2.75, 3.05) is 4.90 Å². The van der Waals surface area contributed by atoms with Gasteiger partial charge < -0.3 is 4.90 Å². The Balaban J connectivity index is 1.19. The molecule has 0 N–H and O–H groups in total. The number of rotatable bonds is 6. The fourth-order valence-electron chi connectivity index (χ4n) is 9.11. The third kappa shape index (κ3) is 4.92. The molecule has 0 radical (unpaired) electrons. The van der Waals surface area contributed by atoms with Crippen LogP contribution < -0.4 is 4.90 Å².